The zero-order chi connectivity index (χ0) is 13.4. The van der Waals surface area contributed by atoms with Gasteiger partial charge in [0, 0.05) is 11.4 Å². The molecule has 4 N–H and O–H groups in total. The van der Waals surface area contributed by atoms with Gasteiger partial charge in [0.15, 0.2) is 0 Å². The molecule has 5 nitrogen and oxygen atoms in total. The lowest BCUT2D eigenvalue weighted by Gasteiger charge is -2.04. The molecule has 6 heteroatoms. The summed E-state index contributed by atoms with van der Waals surface area (Å²) < 4.78 is 0. The number of urea groups is 1. The van der Waals surface area contributed by atoms with E-state index in [9.17, 15) is 9.59 Å². The second kappa shape index (κ2) is 7.73. The third kappa shape index (κ3) is 5.70. The molecule has 1 aromatic rings. The van der Waals surface area contributed by atoms with Gasteiger partial charge in [0.1, 0.15) is 0 Å². The predicted octanol–water partition coefficient (Wildman–Crippen LogP) is 1.08. The first kappa shape index (κ1) is 14.5. The fraction of sp³-hybridized carbons (Fsp3) is 0.333. The number of carbonyl (C=O) groups is 2. The summed E-state index contributed by atoms with van der Waals surface area (Å²) in [6.07, 6.45) is 0. The Bertz CT molecular complexity index is 406. The molecule has 0 fully saturated rings. The lowest BCUT2D eigenvalue weighted by molar-refractivity contribution is -0.117. The van der Waals surface area contributed by atoms with Gasteiger partial charge >= 0.3 is 6.03 Å². The molecule has 1 aromatic carbocycles. The van der Waals surface area contributed by atoms with Crippen LogP contribution in [0.3, 0.4) is 0 Å². The summed E-state index contributed by atoms with van der Waals surface area (Å²) in [7, 11) is 0. The summed E-state index contributed by atoms with van der Waals surface area (Å²) in [4.78, 5) is 22.6. The first-order chi connectivity index (χ1) is 8.61. The molecule has 98 valence electrons. The van der Waals surface area contributed by atoms with Crippen LogP contribution in [-0.4, -0.2) is 24.2 Å². The number of nitrogens with two attached hydrogens (primary N) is 1. The maximum Gasteiger partial charge on any atom is 0.318 e. The number of carbonyl (C=O) groups excluding carboxylic acids is 2. The minimum absolute atomic E-state index is 0.176. The molecule has 0 radical (unpaired) electrons. The van der Waals surface area contributed by atoms with E-state index in [1.54, 1.807) is 0 Å². The highest BCUT2D eigenvalue weighted by atomic mass is 32.2. The van der Waals surface area contributed by atoms with Crippen molar-refractivity contribution in [3.8, 4) is 0 Å². The van der Waals surface area contributed by atoms with Gasteiger partial charge in [-0.3, -0.25) is 10.1 Å². The highest BCUT2D eigenvalue weighted by Gasteiger charge is 2.04. The molecular weight excluding hydrogens is 250 g/mol. The molecule has 3 amide bonds. The Labute approximate surface area is 111 Å². The third-order valence-electron chi connectivity index (χ3n) is 2.14. The highest BCUT2D eigenvalue weighted by molar-refractivity contribution is 8.00. The number of amides is 3. The van der Waals surface area contributed by atoms with Crippen LogP contribution in [-0.2, 0) is 11.3 Å². The SMILES string of the molecule is CCNCc1ccc(SCC(=O)NC(N)=O)cc1. The van der Waals surface area contributed by atoms with Crippen molar-refractivity contribution in [1.82, 2.24) is 10.6 Å². The van der Waals surface area contributed by atoms with Crippen LogP contribution in [0.4, 0.5) is 4.79 Å². The average molecular weight is 267 g/mol. The van der Waals surface area contributed by atoms with Crippen molar-refractivity contribution in [1.29, 1.82) is 0 Å². The minimum atomic E-state index is -0.818. The van der Waals surface area contributed by atoms with Crippen molar-refractivity contribution >= 4 is 23.7 Å². The smallest absolute Gasteiger partial charge is 0.318 e. The largest absolute Gasteiger partial charge is 0.351 e. The Balaban J connectivity index is 2.39. The Morgan fingerprint density at radius 1 is 1.28 bits per heavy atom. The molecule has 18 heavy (non-hydrogen) atoms. The van der Waals surface area contributed by atoms with Gasteiger partial charge in [0.25, 0.3) is 0 Å². The molecule has 0 aromatic heterocycles. The third-order valence-corrected chi connectivity index (χ3v) is 3.15. The van der Waals surface area contributed by atoms with Crippen molar-refractivity contribution < 1.29 is 9.59 Å². The zero-order valence-electron chi connectivity index (χ0n) is 10.2. The maximum absolute atomic E-state index is 11.2. The van der Waals surface area contributed by atoms with Gasteiger partial charge in [-0.1, -0.05) is 19.1 Å². The van der Waals surface area contributed by atoms with E-state index in [2.05, 4.69) is 12.2 Å². The number of thioether (sulfide) groups is 1. The second-order valence-corrected chi connectivity index (χ2v) is 4.67. The molecule has 0 aliphatic carbocycles. The number of hydrogen-bond donors (Lipinski definition) is 3. The fourth-order valence-corrected chi connectivity index (χ4v) is 1.99. The highest BCUT2D eigenvalue weighted by Crippen LogP contribution is 2.18. The fourth-order valence-electron chi connectivity index (χ4n) is 1.30. The van der Waals surface area contributed by atoms with E-state index in [-0.39, 0.29) is 11.7 Å². The number of imide groups is 1. The van der Waals surface area contributed by atoms with E-state index < -0.39 is 6.03 Å². The molecule has 0 aliphatic rings. The van der Waals surface area contributed by atoms with Gasteiger partial charge in [-0.05, 0) is 24.2 Å². The summed E-state index contributed by atoms with van der Waals surface area (Å²) in [6.45, 7) is 3.83. The molecular formula is C12H17N3O2S. The Hall–Kier alpha value is -1.53. The monoisotopic (exact) mass is 267 g/mol. The number of nitrogens with one attached hydrogen (secondary N) is 2. The Kier molecular flexibility index (Phi) is 6.24. The van der Waals surface area contributed by atoms with Gasteiger partial charge in [-0.2, -0.15) is 0 Å². The first-order valence-corrected chi connectivity index (χ1v) is 6.62. The van der Waals surface area contributed by atoms with E-state index >= 15 is 0 Å². The van der Waals surface area contributed by atoms with Crippen LogP contribution in [0.1, 0.15) is 12.5 Å². The van der Waals surface area contributed by atoms with Crippen molar-refractivity contribution in [3.05, 3.63) is 29.8 Å². The number of rotatable bonds is 6. The van der Waals surface area contributed by atoms with Crippen LogP contribution >= 0.6 is 11.8 Å². The molecule has 0 aliphatic heterocycles. The second-order valence-electron chi connectivity index (χ2n) is 3.63. The lowest BCUT2D eigenvalue weighted by Crippen LogP contribution is -2.36. The van der Waals surface area contributed by atoms with Gasteiger partial charge < -0.3 is 11.1 Å². The van der Waals surface area contributed by atoms with Gasteiger partial charge in [-0.25, -0.2) is 4.79 Å². The summed E-state index contributed by atoms with van der Waals surface area (Å²) >= 11 is 1.36. The lowest BCUT2D eigenvalue weighted by atomic mass is 10.2. The number of benzene rings is 1. The molecule has 0 atom stereocenters. The van der Waals surface area contributed by atoms with Crippen LogP contribution in [0, 0.1) is 0 Å². The predicted molar refractivity (Wildman–Crippen MR) is 72.3 cm³/mol. The molecule has 0 heterocycles. The van der Waals surface area contributed by atoms with Crippen molar-refractivity contribution in [2.24, 2.45) is 5.73 Å². The normalized spacial score (nSPS) is 10.1. The summed E-state index contributed by atoms with van der Waals surface area (Å²) in [5.41, 5.74) is 6.04. The molecule has 1 rings (SSSR count). The van der Waals surface area contributed by atoms with Crippen LogP contribution in [0.5, 0.6) is 0 Å². The first-order valence-electron chi connectivity index (χ1n) is 5.63. The van der Waals surface area contributed by atoms with E-state index in [0.29, 0.717) is 0 Å². The van der Waals surface area contributed by atoms with E-state index in [1.165, 1.54) is 17.3 Å². The van der Waals surface area contributed by atoms with Gasteiger partial charge in [0.05, 0.1) is 5.75 Å². The molecule has 0 unspecified atom stereocenters. The van der Waals surface area contributed by atoms with Gasteiger partial charge in [-0.15, -0.1) is 11.8 Å². The molecule has 0 saturated carbocycles. The van der Waals surface area contributed by atoms with Crippen molar-refractivity contribution in [2.75, 3.05) is 12.3 Å². The van der Waals surface area contributed by atoms with Gasteiger partial charge in [0.2, 0.25) is 5.91 Å². The number of hydrogen-bond acceptors (Lipinski definition) is 4. The zero-order valence-corrected chi connectivity index (χ0v) is 11.0. The van der Waals surface area contributed by atoms with E-state index in [4.69, 9.17) is 5.73 Å². The summed E-state index contributed by atoms with van der Waals surface area (Å²) in [5.74, 6) is -0.209. The van der Waals surface area contributed by atoms with Crippen LogP contribution < -0.4 is 16.4 Å². The Morgan fingerprint density at radius 3 is 2.50 bits per heavy atom. The van der Waals surface area contributed by atoms with Crippen LogP contribution in [0.2, 0.25) is 0 Å². The average Bonchev–Trinajstić information content (AvgIpc) is 2.34. The molecule has 0 bridgehead atoms. The van der Waals surface area contributed by atoms with Crippen molar-refractivity contribution in [2.45, 2.75) is 18.4 Å². The van der Waals surface area contributed by atoms with Crippen LogP contribution in [0.15, 0.2) is 29.2 Å². The summed E-state index contributed by atoms with van der Waals surface area (Å²) in [6, 6.07) is 7.11. The Morgan fingerprint density at radius 2 is 1.94 bits per heavy atom. The minimum Gasteiger partial charge on any atom is -0.351 e. The molecule has 0 spiro atoms. The molecule has 0 saturated heterocycles. The standard InChI is InChI=1S/C12H17N3O2S/c1-2-14-7-9-3-5-10(6-4-9)18-8-11(16)15-12(13)17/h3-6,14H,2,7-8H2,1H3,(H3,13,15,16,17). The van der Waals surface area contributed by atoms with E-state index in [1.807, 2.05) is 29.6 Å². The van der Waals surface area contributed by atoms with E-state index in [0.717, 1.165) is 18.0 Å². The van der Waals surface area contributed by atoms with Crippen LogP contribution in [0.25, 0.3) is 0 Å². The number of primary amides is 1. The summed E-state index contributed by atoms with van der Waals surface area (Å²) in [5, 5.41) is 5.25. The van der Waals surface area contributed by atoms with Crippen molar-refractivity contribution in [3.63, 3.8) is 0 Å². The topological polar surface area (TPSA) is 84.2 Å². The quantitative estimate of drug-likeness (QED) is 0.673. The maximum atomic E-state index is 11.2.